The van der Waals surface area contributed by atoms with Crippen LogP contribution in [0.3, 0.4) is 0 Å². The quantitative estimate of drug-likeness (QED) is 0.772. The molecule has 1 nitrogen and oxygen atoms in total. The maximum atomic E-state index is 3.88. The van der Waals surface area contributed by atoms with Crippen LogP contribution >= 0.6 is 0 Å². The lowest BCUT2D eigenvalue weighted by Crippen LogP contribution is -2.39. The summed E-state index contributed by atoms with van der Waals surface area (Å²) in [4.78, 5) is 0. The highest BCUT2D eigenvalue weighted by Gasteiger charge is 2.31. The first-order chi connectivity index (χ1) is 8.92. The molecule has 0 heterocycles. The number of hydrogen-bond donors (Lipinski definition) is 1. The van der Waals surface area contributed by atoms with Crippen molar-refractivity contribution in [2.75, 3.05) is 6.54 Å². The highest BCUT2D eigenvalue weighted by Crippen LogP contribution is 2.40. The summed E-state index contributed by atoms with van der Waals surface area (Å²) in [6, 6.07) is 0.866. The molecule has 3 saturated carbocycles. The van der Waals surface area contributed by atoms with Crippen molar-refractivity contribution in [3.63, 3.8) is 0 Å². The van der Waals surface area contributed by atoms with E-state index in [0.29, 0.717) is 0 Å². The third kappa shape index (κ3) is 3.29. The minimum Gasteiger partial charge on any atom is -0.314 e. The molecule has 0 spiro atoms. The van der Waals surface area contributed by atoms with Gasteiger partial charge >= 0.3 is 0 Å². The molecule has 0 amide bonds. The van der Waals surface area contributed by atoms with Crippen LogP contribution in [0, 0.1) is 17.8 Å². The molecule has 3 atom stereocenters. The van der Waals surface area contributed by atoms with Crippen molar-refractivity contribution in [1.29, 1.82) is 0 Å². The fourth-order valence-corrected chi connectivity index (χ4v) is 4.85. The van der Waals surface area contributed by atoms with Crippen molar-refractivity contribution >= 4 is 0 Å². The predicted octanol–water partition coefficient (Wildman–Crippen LogP) is 4.52. The Hall–Kier alpha value is -0.0400. The molecule has 104 valence electrons. The fourth-order valence-electron chi connectivity index (χ4n) is 4.85. The van der Waals surface area contributed by atoms with Crippen LogP contribution in [-0.4, -0.2) is 12.6 Å². The average Bonchev–Trinajstić information content (AvgIpc) is 2.92. The molecule has 18 heavy (non-hydrogen) atoms. The molecular formula is C17H31N. The van der Waals surface area contributed by atoms with Crippen molar-refractivity contribution in [3.8, 4) is 0 Å². The van der Waals surface area contributed by atoms with Gasteiger partial charge in [0, 0.05) is 6.04 Å². The minimum absolute atomic E-state index is 0.866. The van der Waals surface area contributed by atoms with Gasteiger partial charge < -0.3 is 5.32 Å². The Labute approximate surface area is 113 Å². The maximum absolute atomic E-state index is 3.88. The van der Waals surface area contributed by atoms with Gasteiger partial charge in [0.15, 0.2) is 0 Å². The van der Waals surface area contributed by atoms with Crippen LogP contribution in [0.4, 0.5) is 0 Å². The predicted molar refractivity (Wildman–Crippen MR) is 77.7 cm³/mol. The van der Waals surface area contributed by atoms with E-state index in [0.717, 1.165) is 23.8 Å². The maximum Gasteiger partial charge on any atom is 0.00699 e. The number of fused-ring (bicyclic) bond motifs is 1. The third-order valence-electron chi connectivity index (χ3n) is 6.00. The molecule has 3 unspecified atom stereocenters. The zero-order valence-corrected chi connectivity index (χ0v) is 12.0. The van der Waals surface area contributed by atoms with Crippen LogP contribution in [0.2, 0.25) is 0 Å². The second-order valence-corrected chi connectivity index (χ2v) is 7.21. The zero-order chi connectivity index (χ0) is 12.2. The zero-order valence-electron chi connectivity index (χ0n) is 12.0. The van der Waals surface area contributed by atoms with Gasteiger partial charge in [-0.3, -0.25) is 0 Å². The van der Waals surface area contributed by atoms with E-state index in [1.165, 1.54) is 77.2 Å². The van der Waals surface area contributed by atoms with Gasteiger partial charge in [0.05, 0.1) is 0 Å². The number of hydrogen-bond acceptors (Lipinski definition) is 1. The van der Waals surface area contributed by atoms with Crippen molar-refractivity contribution in [1.82, 2.24) is 5.32 Å². The van der Waals surface area contributed by atoms with E-state index in [1.807, 2.05) is 0 Å². The highest BCUT2D eigenvalue weighted by molar-refractivity contribution is 4.86. The topological polar surface area (TPSA) is 12.0 Å². The molecule has 0 aromatic rings. The van der Waals surface area contributed by atoms with Crippen molar-refractivity contribution in [2.45, 2.75) is 83.1 Å². The molecule has 0 bridgehead atoms. The summed E-state index contributed by atoms with van der Waals surface area (Å²) in [6.45, 7) is 1.30. The molecule has 3 aliphatic rings. The molecule has 0 aliphatic heterocycles. The summed E-state index contributed by atoms with van der Waals surface area (Å²) in [5.41, 5.74) is 0. The molecule has 0 aromatic carbocycles. The van der Waals surface area contributed by atoms with Gasteiger partial charge in [-0.05, 0) is 50.0 Å². The van der Waals surface area contributed by atoms with E-state index in [9.17, 15) is 0 Å². The first-order valence-corrected chi connectivity index (χ1v) is 8.65. The monoisotopic (exact) mass is 249 g/mol. The van der Waals surface area contributed by atoms with Crippen LogP contribution in [0.1, 0.15) is 77.0 Å². The molecule has 3 aliphatic carbocycles. The van der Waals surface area contributed by atoms with Crippen LogP contribution in [-0.2, 0) is 0 Å². The Balaban J connectivity index is 1.35. The van der Waals surface area contributed by atoms with Crippen LogP contribution in [0.5, 0.6) is 0 Å². The summed E-state index contributed by atoms with van der Waals surface area (Å²) in [7, 11) is 0. The largest absolute Gasteiger partial charge is 0.314 e. The summed E-state index contributed by atoms with van der Waals surface area (Å²) in [5.74, 6) is 3.24. The third-order valence-corrected chi connectivity index (χ3v) is 6.00. The lowest BCUT2D eigenvalue weighted by Gasteiger charge is -2.39. The normalized spacial score (nSPS) is 37.7. The van der Waals surface area contributed by atoms with Crippen LogP contribution in [0.25, 0.3) is 0 Å². The Bertz CT molecular complexity index is 244. The smallest absolute Gasteiger partial charge is 0.00699 e. The Kier molecular flexibility index (Phi) is 4.62. The van der Waals surface area contributed by atoms with Crippen molar-refractivity contribution in [3.05, 3.63) is 0 Å². The highest BCUT2D eigenvalue weighted by atomic mass is 14.9. The van der Waals surface area contributed by atoms with E-state index in [4.69, 9.17) is 0 Å². The van der Waals surface area contributed by atoms with Gasteiger partial charge in [-0.1, -0.05) is 51.4 Å². The molecule has 3 fully saturated rings. The summed E-state index contributed by atoms with van der Waals surface area (Å²) in [5, 5.41) is 3.88. The molecule has 1 heteroatoms. The van der Waals surface area contributed by atoms with Gasteiger partial charge in [-0.25, -0.2) is 0 Å². The molecule has 1 N–H and O–H groups in total. The van der Waals surface area contributed by atoms with Gasteiger partial charge in [0.25, 0.3) is 0 Å². The fraction of sp³-hybridized carbons (Fsp3) is 1.00. The van der Waals surface area contributed by atoms with Crippen LogP contribution < -0.4 is 5.32 Å². The van der Waals surface area contributed by atoms with Crippen molar-refractivity contribution < 1.29 is 0 Å². The lowest BCUT2D eigenvalue weighted by molar-refractivity contribution is 0.143. The second-order valence-electron chi connectivity index (χ2n) is 7.21. The van der Waals surface area contributed by atoms with E-state index in [2.05, 4.69) is 5.32 Å². The summed E-state index contributed by atoms with van der Waals surface area (Å²) in [6.07, 6.45) is 18.0. The van der Waals surface area contributed by atoms with Gasteiger partial charge in [-0.15, -0.1) is 0 Å². The SMILES string of the molecule is C1CCC(CCNC2CCC3CCCCC3C2)C1. The van der Waals surface area contributed by atoms with Gasteiger partial charge in [0.2, 0.25) is 0 Å². The summed E-state index contributed by atoms with van der Waals surface area (Å²) < 4.78 is 0. The first kappa shape index (κ1) is 13.0. The van der Waals surface area contributed by atoms with E-state index in [1.54, 1.807) is 6.42 Å². The van der Waals surface area contributed by atoms with E-state index in [-0.39, 0.29) is 0 Å². The molecule has 0 radical (unpaired) electrons. The molecule has 3 rings (SSSR count). The number of nitrogens with one attached hydrogen (secondary N) is 1. The molecule has 0 saturated heterocycles. The molecule has 0 aromatic heterocycles. The van der Waals surface area contributed by atoms with Gasteiger partial charge in [-0.2, -0.15) is 0 Å². The Morgan fingerprint density at radius 2 is 1.44 bits per heavy atom. The Morgan fingerprint density at radius 1 is 0.722 bits per heavy atom. The Morgan fingerprint density at radius 3 is 2.28 bits per heavy atom. The summed E-state index contributed by atoms with van der Waals surface area (Å²) >= 11 is 0. The second kappa shape index (κ2) is 6.41. The average molecular weight is 249 g/mol. The van der Waals surface area contributed by atoms with Crippen LogP contribution in [0.15, 0.2) is 0 Å². The minimum atomic E-state index is 0.866. The van der Waals surface area contributed by atoms with Gasteiger partial charge in [0.1, 0.15) is 0 Å². The van der Waals surface area contributed by atoms with E-state index >= 15 is 0 Å². The molecular weight excluding hydrogens is 218 g/mol. The number of rotatable bonds is 4. The first-order valence-electron chi connectivity index (χ1n) is 8.65. The van der Waals surface area contributed by atoms with Crippen molar-refractivity contribution in [2.24, 2.45) is 17.8 Å². The van der Waals surface area contributed by atoms with E-state index < -0.39 is 0 Å². The lowest BCUT2D eigenvalue weighted by atomic mass is 9.69. The standard InChI is InChI=1S/C17H31N/c1-2-6-14(5-1)11-12-18-17-10-9-15-7-3-4-8-16(15)13-17/h14-18H,1-13H2.